The van der Waals surface area contributed by atoms with E-state index in [1.807, 2.05) is 12.3 Å². The molecule has 3 heterocycles. The number of hydrogen-bond donors (Lipinski definition) is 1. The fourth-order valence-electron chi connectivity index (χ4n) is 2.68. The number of ether oxygens (including phenoxy) is 1. The van der Waals surface area contributed by atoms with Gasteiger partial charge in [-0.05, 0) is 18.9 Å². The highest BCUT2D eigenvalue weighted by molar-refractivity contribution is 5.41. The van der Waals surface area contributed by atoms with Crippen molar-refractivity contribution in [1.29, 1.82) is 0 Å². The van der Waals surface area contributed by atoms with Crippen LogP contribution in [0.2, 0.25) is 0 Å². The average Bonchev–Trinajstić information content (AvgIpc) is 3.03. The van der Waals surface area contributed by atoms with Crippen LogP contribution in [0, 0.1) is 0 Å². The van der Waals surface area contributed by atoms with Gasteiger partial charge in [-0.3, -0.25) is 4.90 Å². The van der Waals surface area contributed by atoms with E-state index >= 15 is 0 Å². The molecule has 0 amide bonds. The number of hydrogen-bond acceptors (Lipinski definition) is 6. The first-order valence-corrected chi connectivity index (χ1v) is 7.54. The van der Waals surface area contributed by atoms with Crippen LogP contribution < -0.4 is 10.2 Å². The van der Waals surface area contributed by atoms with Gasteiger partial charge in [-0.1, -0.05) is 0 Å². The highest BCUT2D eigenvalue weighted by Crippen LogP contribution is 2.16. The molecule has 20 heavy (non-hydrogen) atoms. The Balaban J connectivity index is 1.48. The van der Waals surface area contributed by atoms with Crippen molar-refractivity contribution in [2.45, 2.75) is 12.8 Å². The summed E-state index contributed by atoms with van der Waals surface area (Å²) >= 11 is 0. The Morgan fingerprint density at radius 3 is 2.75 bits per heavy atom. The number of aromatic nitrogens is 2. The number of nitrogens with zero attached hydrogens (tertiary/aromatic N) is 4. The zero-order valence-corrected chi connectivity index (χ0v) is 11.9. The topological polar surface area (TPSA) is 53.5 Å². The molecule has 0 unspecified atom stereocenters. The minimum Gasteiger partial charge on any atom is -0.379 e. The van der Waals surface area contributed by atoms with Crippen molar-refractivity contribution in [2.24, 2.45) is 0 Å². The van der Waals surface area contributed by atoms with Crippen molar-refractivity contribution in [3.05, 3.63) is 12.3 Å². The molecule has 0 aliphatic carbocycles. The molecule has 3 rings (SSSR count). The van der Waals surface area contributed by atoms with E-state index in [1.165, 1.54) is 12.8 Å². The normalized spacial score (nSPS) is 20.3. The van der Waals surface area contributed by atoms with Gasteiger partial charge >= 0.3 is 0 Å². The van der Waals surface area contributed by atoms with E-state index in [1.54, 1.807) is 0 Å². The predicted molar refractivity (Wildman–Crippen MR) is 79.2 cm³/mol. The lowest BCUT2D eigenvalue weighted by Crippen LogP contribution is -2.39. The van der Waals surface area contributed by atoms with Gasteiger partial charge in [0.15, 0.2) is 0 Å². The van der Waals surface area contributed by atoms with Gasteiger partial charge in [0.2, 0.25) is 5.95 Å². The maximum Gasteiger partial charge on any atom is 0.227 e. The summed E-state index contributed by atoms with van der Waals surface area (Å²) in [6.07, 6.45) is 4.34. The maximum absolute atomic E-state index is 5.35. The first kappa shape index (κ1) is 13.6. The molecule has 0 bridgehead atoms. The van der Waals surface area contributed by atoms with Gasteiger partial charge in [-0.15, -0.1) is 0 Å². The minimum atomic E-state index is 0.854. The number of morpholine rings is 1. The fraction of sp³-hybridized carbons (Fsp3) is 0.714. The summed E-state index contributed by atoms with van der Waals surface area (Å²) in [6, 6.07) is 1.94. The van der Waals surface area contributed by atoms with E-state index in [0.717, 1.165) is 64.2 Å². The van der Waals surface area contributed by atoms with Crippen LogP contribution in [0.15, 0.2) is 12.3 Å². The molecule has 1 N–H and O–H groups in total. The van der Waals surface area contributed by atoms with Crippen LogP contribution >= 0.6 is 0 Å². The lowest BCUT2D eigenvalue weighted by molar-refractivity contribution is 0.0398. The largest absolute Gasteiger partial charge is 0.379 e. The molecular weight excluding hydrogens is 254 g/mol. The van der Waals surface area contributed by atoms with Gasteiger partial charge in [0.1, 0.15) is 5.82 Å². The summed E-state index contributed by atoms with van der Waals surface area (Å²) in [7, 11) is 0. The van der Waals surface area contributed by atoms with Crippen molar-refractivity contribution in [3.63, 3.8) is 0 Å². The fourth-order valence-corrected chi connectivity index (χ4v) is 2.68. The van der Waals surface area contributed by atoms with Crippen molar-refractivity contribution < 1.29 is 4.74 Å². The zero-order valence-electron chi connectivity index (χ0n) is 11.9. The summed E-state index contributed by atoms with van der Waals surface area (Å²) in [4.78, 5) is 13.6. The molecule has 2 aliphatic heterocycles. The summed E-state index contributed by atoms with van der Waals surface area (Å²) in [5.41, 5.74) is 0. The van der Waals surface area contributed by atoms with Crippen LogP contribution in [0.5, 0.6) is 0 Å². The van der Waals surface area contributed by atoms with Crippen LogP contribution in [0.1, 0.15) is 12.8 Å². The predicted octanol–water partition coefficient (Wildman–Crippen LogP) is 0.821. The third kappa shape index (κ3) is 3.58. The molecule has 0 radical (unpaired) electrons. The Hall–Kier alpha value is -1.40. The SMILES string of the molecule is c1cc(NCCN2CCOCC2)nc(N2CCCC2)n1. The summed E-state index contributed by atoms with van der Waals surface area (Å²) in [6.45, 7) is 7.88. The van der Waals surface area contributed by atoms with Crippen molar-refractivity contribution >= 4 is 11.8 Å². The van der Waals surface area contributed by atoms with Gasteiger partial charge < -0.3 is 15.0 Å². The van der Waals surface area contributed by atoms with Crippen molar-refractivity contribution in [3.8, 4) is 0 Å². The molecule has 2 aliphatic rings. The zero-order chi connectivity index (χ0) is 13.6. The Bertz CT molecular complexity index is 416. The molecule has 1 aromatic heterocycles. The lowest BCUT2D eigenvalue weighted by Gasteiger charge is -2.26. The lowest BCUT2D eigenvalue weighted by atomic mass is 10.4. The summed E-state index contributed by atoms with van der Waals surface area (Å²) in [5, 5.41) is 3.40. The van der Waals surface area contributed by atoms with Crippen LogP contribution in [0.25, 0.3) is 0 Å². The monoisotopic (exact) mass is 277 g/mol. The highest BCUT2D eigenvalue weighted by atomic mass is 16.5. The van der Waals surface area contributed by atoms with Crippen LogP contribution in [0.3, 0.4) is 0 Å². The highest BCUT2D eigenvalue weighted by Gasteiger charge is 2.15. The van der Waals surface area contributed by atoms with Gasteiger partial charge in [-0.2, -0.15) is 4.98 Å². The molecule has 110 valence electrons. The number of nitrogens with one attached hydrogen (secondary N) is 1. The van der Waals surface area contributed by atoms with Gasteiger partial charge in [0.25, 0.3) is 0 Å². The van der Waals surface area contributed by atoms with E-state index < -0.39 is 0 Å². The molecule has 6 heteroatoms. The van der Waals surface area contributed by atoms with Crippen LogP contribution in [-0.4, -0.2) is 67.4 Å². The van der Waals surface area contributed by atoms with E-state index in [0.29, 0.717) is 0 Å². The second-order valence-electron chi connectivity index (χ2n) is 5.32. The van der Waals surface area contributed by atoms with E-state index in [9.17, 15) is 0 Å². The van der Waals surface area contributed by atoms with E-state index in [-0.39, 0.29) is 0 Å². The first-order valence-electron chi connectivity index (χ1n) is 7.54. The Morgan fingerprint density at radius 2 is 1.95 bits per heavy atom. The molecule has 2 saturated heterocycles. The van der Waals surface area contributed by atoms with Gasteiger partial charge in [0, 0.05) is 45.5 Å². The molecule has 1 aromatic rings. The second-order valence-corrected chi connectivity index (χ2v) is 5.32. The molecule has 0 saturated carbocycles. The molecule has 0 spiro atoms. The molecule has 6 nitrogen and oxygen atoms in total. The van der Waals surface area contributed by atoms with Crippen LogP contribution in [-0.2, 0) is 4.74 Å². The first-order chi connectivity index (χ1) is 9.92. The maximum atomic E-state index is 5.35. The Kier molecular flexibility index (Phi) is 4.65. The molecule has 0 aromatic carbocycles. The smallest absolute Gasteiger partial charge is 0.227 e. The molecule has 2 fully saturated rings. The summed E-state index contributed by atoms with van der Waals surface area (Å²) in [5.74, 6) is 1.79. The second kappa shape index (κ2) is 6.85. The number of rotatable bonds is 5. The Labute approximate surface area is 120 Å². The number of anilines is 2. The van der Waals surface area contributed by atoms with Gasteiger partial charge in [0.05, 0.1) is 13.2 Å². The van der Waals surface area contributed by atoms with Crippen molar-refractivity contribution in [2.75, 3.05) is 62.7 Å². The third-order valence-electron chi connectivity index (χ3n) is 3.87. The Morgan fingerprint density at radius 1 is 1.15 bits per heavy atom. The van der Waals surface area contributed by atoms with E-state index in [4.69, 9.17) is 4.74 Å². The standard InChI is InChI=1S/C14H23N5O/c1-2-7-19(6-1)14-16-4-3-13(17-14)15-5-8-18-9-11-20-12-10-18/h3-4H,1-2,5-12H2,(H,15,16,17). The van der Waals surface area contributed by atoms with Crippen LogP contribution in [0.4, 0.5) is 11.8 Å². The summed E-state index contributed by atoms with van der Waals surface area (Å²) < 4.78 is 5.35. The third-order valence-corrected chi connectivity index (χ3v) is 3.87. The molecular formula is C14H23N5O. The molecule has 0 atom stereocenters. The average molecular weight is 277 g/mol. The van der Waals surface area contributed by atoms with E-state index in [2.05, 4.69) is 25.1 Å². The minimum absolute atomic E-state index is 0.854. The van der Waals surface area contributed by atoms with Crippen molar-refractivity contribution in [1.82, 2.24) is 14.9 Å². The quantitative estimate of drug-likeness (QED) is 0.860. The van der Waals surface area contributed by atoms with Gasteiger partial charge in [-0.25, -0.2) is 4.98 Å².